The van der Waals surface area contributed by atoms with Crippen molar-refractivity contribution in [3.63, 3.8) is 0 Å². The van der Waals surface area contributed by atoms with Crippen LogP contribution in [-0.4, -0.2) is 22.2 Å². The Kier molecular flexibility index (Phi) is 3.47. The van der Waals surface area contributed by atoms with Crippen molar-refractivity contribution in [3.05, 3.63) is 59.7 Å². The van der Waals surface area contributed by atoms with Crippen LogP contribution in [0.15, 0.2) is 48.5 Å². The Hall–Kier alpha value is -2.82. The van der Waals surface area contributed by atoms with Crippen LogP contribution >= 0.6 is 0 Å². The van der Waals surface area contributed by atoms with E-state index in [-0.39, 0.29) is 17.1 Å². The van der Waals surface area contributed by atoms with Gasteiger partial charge < -0.3 is 14.9 Å². The summed E-state index contributed by atoms with van der Waals surface area (Å²) in [4.78, 5) is 22.6. The Labute approximate surface area is 108 Å². The molecule has 0 spiro atoms. The molecular weight excluding hydrogens is 248 g/mol. The summed E-state index contributed by atoms with van der Waals surface area (Å²) in [6.07, 6.45) is 0. The molecule has 2 N–H and O–H groups in total. The van der Waals surface area contributed by atoms with Gasteiger partial charge in [-0.05, 0) is 30.3 Å². The first-order chi connectivity index (χ1) is 9.08. The van der Waals surface area contributed by atoms with Crippen LogP contribution in [0.25, 0.3) is 0 Å². The molecule has 0 bridgehead atoms. The van der Waals surface area contributed by atoms with E-state index in [1.165, 1.54) is 6.07 Å². The Bertz CT molecular complexity index is 619. The highest BCUT2D eigenvalue weighted by Crippen LogP contribution is 2.23. The molecule has 0 saturated heterocycles. The molecule has 0 aliphatic carbocycles. The van der Waals surface area contributed by atoms with Gasteiger partial charge in [0.25, 0.3) is 0 Å². The van der Waals surface area contributed by atoms with Crippen molar-refractivity contribution in [2.75, 3.05) is 0 Å². The highest BCUT2D eigenvalue weighted by molar-refractivity contribution is 5.93. The Morgan fingerprint density at radius 3 is 2.32 bits per heavy atom. The fourth-order valence-electron chi connectivity index (χ4n) is 1.49. The number of rotatable bonds is 3. The Morgan fingerprint density at radius 2 is 1.68 bits per heavy atom. The summed E-state index contributed by atoms with van der Waals surface area (Å²) in [6.45, 7) is 0. The zero-order valence-electron chi connectivity index (χ0n) is 9.74. The van der Waals surface area contributed by atoms with Gasteiger partial charge in [-0.1, -0.05) is 18.2 Å². The standard InChI is InChI=1S/C14H10O5/c15-12-7-6-10(8-11(12)13(16)17)19-14(18)9-4-2-1-3-5-9/h1-8,15H,(H,16,17). The first-order valence-corrected chi connectivity index (χ1v) is 5.41. The third-order valence-corrected chi connectivity index (χ3v) is 2.42. The smallest absolute Gasteiger partial charge is 0.343 e. The van der Waals surface area contributed by atoms with Crippen LogP contribution in [-0.2, 0) is 0 Å². The fourth-order valence-corrected chi connectivity index (χ4v) is 1.49. The lowest BCUT2D eigenvalue weighted by Gasteiger charge is -2.06. The van der Waals surface area contributed by atoms with E-state index in [0.717, 1.165) is 12.1 Å². The molecule has 0 radical (unpaired) electrons. The molecule has 0 fully saturated rings. The van der Waals surface area contributed by atoms with E-state index >= 15 is 0 Å². The summed E-state index contributed by atoms with van der Waals surface area (Å²) in [7, 11) is 0. The molecule has 2 aromatic carbocycles. The number of benzene rings is 2. The maximum absolute atomic E-state index is 11.7. The normalized spacial score (nSPS) is 9.89. The van der Waals surface area contributed by atoms with Crippen molar-refractivity contribution in [1.82, 2.24) is 0 Å². The summed E-state index contributed by atoms with van der Waals surface area (Å²) in [5, 5.41) is 18.2. The van der Waals surface area contributed by atoms with Gasteiger partial charge in [0, 0.05) is 0 Å². The molecule has 0 unspecified atom stereocenters. The molecule has 5 heteroatoms. The second-order valence-corrected chi connectivity index (χ2v) is 3.74. The molecule has 2 aromatic rings. The van der Waals surface area contributed by atoms with Crippen molar-refractivity contribution in [1.29, 1.82) is 0 Å². The highest BCUT2D eigenvalue weighted by Gasteiger charge is 2.13. The molecule has 0 saturated carbocycles. The average Bonchev–Trinajstić information content (AvgIpc) is 2.41. The highest BCUT2D eigenvalue weighted by atomic mass is 16.5. The van der Waals surface area contributed by atoms with E-state index in [1.807, 2.05) is 0 Å². The first-order valence-electron chi connectivity index (χ1n) is 5.41. The maximum Gasteiger partial charge on any atom is 0.343 e. The molecular formula is C14H10O5. The number of carbonyl (C=O) groups excluding carboxylic acids is 1. The zero-order valence-corrected chi connectivity index (χ0v) is 9.74. The van der Waals surface area contributed by atoms with Crippen molar-refractivity contribution < 1.29 is 24.5 Å². The van der Waals surface area contributed by atoms with Crippen LogP contribution in [0.5, 0.6) is 11.5 Å². The number of phenols is 1. The first kappa shape index (κ1) is 12.6. The van der Waals surface area contributed by atoms with Gasteiger partial charge >= 0.3 is 11.9 Å². The molecule has 0 aliphatic heterocycles. The number of hydrogen-bond acceptors (Lipinski definition) is 4. The van der Waals surface area contributed by atoms with Gasteiger partial charge in [-0.15, -0.1) is 0 Å². The summed E-state index contributed by atoms with van der Waals surface area (Å²) in [5.74, 6) is -2.21. The van der Waals surface area contributed by atoms with Crippen LogP contribution in [0.4, 0.5) is 0 Å². The average molecular weight is 258 g/mol. The molecule has 96 valence electrons. The van der Waals surface area contributed by atoms with Crippen LogP contribution in [0.1, 0.15) is 20.7 Å². The molecule has 0 amide bonds. The van der Waals surface area contributed by atoms with Crippen molar-refractivity contribution >= 4 is 11.9 Å². The van der Waals surface area contributed by atoms with Crippen molar-refractivity contribution in [2.24, 2.45) is 0 Å². The second kappa shape index (κ2) is 5.22. The summed E-state index contributed by atoms with van der Waals surface area (Å²) < 4.78 is 5.03. The molecule has 0 heterocycles. The number of aromatic carboxylic acids is 1. The van der Waals surface area contributed by atoms with Gasteiger partial charge in [-0.3, -0.25) is 0 Å². The van der Waals surface area contributed by atoms with Crippen LogP contribution in [0.3, 0.4) is 0 Å². The lowest BCUT2D eigenvalue weighted by Crippen LogP contribution is -2.08. The van der Waals surface area contributed by atoms with E-state index in [9.17, 15) is 14.7 Å². The summed E-state index contributed by atoms with van der Waals surface area (Å²) in [5.41, 5.74) is 0.0332. The van der Waals surface area contributed by atoms with Gasteiger partial charge in [-0.2, -0.15) is 0 Å². The van der Waals surface area contributed by atoms with E-state index in [0.29, 0.717) is 5.56 Å². The largest absolute Gasteiger partial charge is 0.507 e. The predicted octanol–water partition coefficient (Wildman–Crippen LogP) is 2.31. The maximum atomic E-state index is 11.7. The van der Waals surface area contributed by atoms with Crippen molar-refractivity contribution in [3.8, 4) is 11.5 Å². The van der Waals surface area contributed by atoms with Crippen molar-refractivity contribution in [2.45, 2.75) is 0 Å². The Morgan fingerprint density at radius 1 is 1.00 bits per heavy atom. The summed E-state index contributed by atoms with van der Waals surface area (Å²) >= 11 is 0. The second-order valence-electron chi connectivity index (χ2n) is 3.74. The van der Waals surface area contributed by atoms with Gasteiger partial charge in [0.2, 0.25) is 0 Å². The fraction of sp³-hybridized carbons (Fsp3) is 0. The van der Waals surface area contributed by atoms with Gasteiger partial charge in [-0.25, -0.2) is 9.59 Å². The predicted molar refractivity (Wildman–Crippen MR) is 66.5 cm³/mol. The van der Waals surface area contributed by atoms with Gasteiger partial charge in [0.05, 0.1) is 5.56 Å². The van der Waals surface area contributed by atoms with E-state index < -0.39 is 11.9 Å². The Balaban J connectivity index is 2.23. The lowest BCUT2D eigenvalue weighted by molar-refractivity contribution is 0.0684. The minimum atomic E-state index is -1.30. The third kappa shape index (κ3) is 2.90. The lowest BCUT2D eigenvalue weighted by atomic mass is 10.2. The number of aromatic hydroxyl groups is 1. The molecule has 0 aliphatic rings. The number of carboxylic acid groups (broad SMARTS) is 1. The topological polar surface area (TPSA) is 83.8 Å². The van der Waals surface area contributed by atoms with Crippen LogP contribution in [0, 0.1) is 0 Å². The molecule has 2 rings (SSSR count). The summed E-state index contributed by atoms with van der Waals surface area (Å²) in [6, 6.07) is 11.9. The molecule has 0 atom stereocenters. The molecule has 5 nitrogen and oxygen atoms in total. The number of carboxylic acids is 1. The number of ether oxygens (including phenoxy) is 1. The monoisotopic (exact) mass is 258 g/mol. The van der Waals surface area contributed by atoms with E-state index in [1.54, 1.807) is 30.3 Å². The molecule has 19 heavy (non-hydrogen) atoms. The third-order valence-electron chi connectivity index (χ3n) is 2.42. The minimum absolute atomic E-state index is 0.0593. The number of esters is 1. The zero-order chi connectivity index (χ0) is 13.8. The SMILES string of the molecule is O=C(Oc1ccc(O)c(C(=O)O)c1)c1ccccc1. The number of hydrogen-bond donors (Lipinski definition) is 2. The quantitative estimate of drug-likeness (QED) is 0.652. The van der Waals surface area contributed by atoms with E-state index in [2.05, 4.69) is 0 Å². The number of carbonyl (C=O) groups is 2. The van der Waals surface area contributed by atoms with Gasteiger partial charge in [0.15, 0.2) is 0 Å². The minimum Gasteiger partial charge on any atom is -0.507 e. The molecule has 0 aromatic heterocycles. The van der Waals surface area contributed by atoms with Crippen LogP contribution in [0.2, 0.25) is 0 Å². The van der Waals surface area contributed by atoms with E-state index in [4.69, 9.17) is 9.84 Å². The van der Waals surface area contributed by atoms with Gasteiger partial charge in [0.1, 0.15) is 17.1 Å². The van der Waals surface area contributed by atoms with Crippen LogP contribution < -0.4 is 4.74 Å².